The van der Waals surface area contributed by atoms with Crippen LogP contribution < -0.4 is 0 Å². The smallest absolute Gasteiger partial charge is 0.204 e. The number of sulfone groups is 1. The largest absolute Gasteiger partial charge is 0.352 e. The summed E-state index contributed by atoms with van der Waals surface area (Å²) < 4.78 is 29.2. The maximum atomic E-state index is 12.0. The molecule has 0 aromatic heterocycles. The van der Waals surface area contributed by atoms with Crippen LogP contribution in [0, 0.1) is 6.92 Å². The van der Waals surface area contributed by atoms with E-state index in [1.807, 2.05) is 13.2 Å². The van der Waals surface area contributed by atoms with Crippen molar-refractivity contribution in [2.45, 2.75) is 24.2 Å². The van der Waals surface area contributed by atoms with Gasteiger partial charge in [0.2, 0.25) is 9.84 Å². The Hall–Kier alpha value is -0.520. The highest BCUT2D eigenvalue weighted by molar-refractivity contribution is 7.98. The molecule has 1 atom stereocenters. The predicted molar refractivity (Wildman–Crippen MR) is 67.3 cm³/mol. The van der Waals surface area contributed by atoms with Crippen LogP contribution in [0.5, 0.6) is 0 Å². The summed E-state index contributed by atoms with van der Waals surface area (Å²) in [6, 6.07) is 6.80. The van der Waals surface area contributed by atoms with E-state index in [0.717, 1.165) is 5.56 Å². The molecule has 3 nitrogen and oxygen atoms in total. The molecule has 0 saturated carbocycles. The van der Waals surface area contributed by atoms with Gasteiger partial charge in [-0.3, -0.25) is 0 Å². The van der Waals surface area contributed by atoms with E-state index in [-0.39, 0.29) is 0 Å². The summed E-state index contributed by atoms with van der Waals surface area (Å²) in [6.45, 7) is 3.48. The van der Waals surface area contributed by atoms with Gasteiger partial charge in [-0.25, -0.2) is 8.42 Å². The fourth-order valence-electron chi connectivity index (χ4n) is 1.17. The van der Waals surface area contributed by atoms with Gasteiger partial charge in [-0.05, 0) is 32.2 Å². The molecule has 0 fully saturated rings. The lowest BCUT2D eigenvalue weighted by Crippen LogP contribution is -2.21. The van der Waals surface area contributed by atoms with Crippen molar-refractivity contribution in [3.63, 3.8) is 0 Å². The Labute approximate surface area is 101 Å². The van der Waals surface area contributed by atoms with Gasteiger partial charge in [0.25, 0.3) is 0 Å². The molecule has 5 heteroatoms. The lowest BCUT2D eigenvalue weighted by molar-refractivity contribution is 0.163. The topological polar surface area (TPSA) is 43.4 Å². The highest BCUT2D eigenvalue weighted by Gasteiger charge is 2.23. The first kappa shape index (κ1) is 13.5. The quantitative estimate of drug-likeness (QED) is 0.763. The van der Waals surface area contributed by atoms with Crippen LogP contribution in [0.4, 0.5) is 0 Å². The molecular weight excluding hydrogens is 244 g/mol. The van der Waals surface area contributed by atoms with Gasteiger partial charge in [0, 0.05) is 0 Å². The Bertz CT molecular complexity index is 423. The zero-order chi connectivity index (χ0) is 12.2. The van der Waals surface area contributed by atoms with Gasteiger partial charge >= 0.3 is 0 Å². The summed E-state index contributed by atoms with van der Waals surface area (Å²) in [4.78, 5) is 0.312. The Morgan fingerprint density at radius 2 is 1.88 bits per heavy atom. The molecule has 0 amide bonds. The van der Waals surface area contributed by atoms with E-state index in [2.05, 4.69) is 0 Å². The molecule has 0 aliphatic carbocycles. The van der Waals surface area contributed by atoms with Crippen LogP contribution in [0.2, 0.25) is 0 Å². The van der Waals surface area contributed by atoms with Crippen LogP contribution in [0.3, 0.4) is 0 Å². The third-order valence-corrected chi connectivity index (χ3v) is 4.52. The van der Waals surface area contributed by atoms with Crippen molar-refractivity contribution < 1.29 is 13.2 Å². The number of ether oxygens (including phenoxy) is 1. The van der Waals surface area contributed by atoms with E-state index in [1.54, 1.807) is 31.2 Å². The standard InChI is InChI=1S/C11H16O3S2/c1-9-4-6-11(7-5-9)16(12,13)10(2)14-8-15-3/h4-7,10H,8H2,1-3H3. The second-order valence-electron chi connectivity index (χ2n) is 3.50. The van der Waals surface area contributed by atoms with Gasteiger partial charge in [0.05, 0.1) is 10.8 Å². The summed E-state index contributed by atoms with van der Waals surface area (Å²) in [6.07, 6.45) is 1.87. The number of aryl methyl sites for hydroxylation is 1. The molecule has 1 aromatic carbocycles. The van der Waals surface area contributed by atoms with Gasteiger partial charge in [-0.1, -0.05) is 17.7 Å². The van der Waals surface area contributed by atoms with Gasteiger partial charge in [0.1, 0.15) is 0 Å². The monoisotopic (exact) mass is 260 g/mol. The van der Waals surface area contributed by atoms with Crippen molar-refractivity contribution in [2.75, 3.05) is 12.2 Å². The van der Waals surface area contributed by atoms with Crippen LogP contribution in [0.1, 0.15) is 12.5 Å². The lowest BCUT2D eigenvalue weighted by Gasteiger charge is -2.13. The van der Waals surface area contributed by atoms with E-state index in [9.17, 15) is 8.42 Å². The first-order valence-electron chi connectivity index (χ1n) is 4.89. The molecule has 1 aromatic rings. The molecule has 0 bridgehead atoms. The third-order valence-electron chi connectivity index (χ3n) is 2.21. The predicted octanol–water partition coefficient (Wildman–Crippen LogP) is 2.45. The number of rotatable bonds is 5. The van der Waals surface area contributed by atoms with E-state index in [0.29, 0.717) is 10.8 Å². The number of hydrogen-bond donors (Lipinski definition) is 0. The molecular formula is C11H16O3S2. The molecule has 0 saturated heterocycles. The van der Waals surface area contributed by atoms with Gasteiger partial charge < -0.3 is 4.74 Å². The Kier molecular flexibility index (Phi) is 4.83. The Morgan fingerprint density at radius 3 is 2.38 bits per heavy atom. The number of hydrogen-bond acceptors (Lipinski definition) is 4. The Morgan fingerprint density at radius 1 is 1.31 bits per heavy atom. The molecule has 1 rings (SSSR count). The highest BCUT2D eigenvalue weighted by Crippen LogP contribution is 2.18. The molecule has 0 spiro atoms. The molecule has 0 aliphatic heterocycles. The minimum Gasteiger partial charge on any atom is -0.352 e. The summed E-state index contributed by atoms with van der Waals surface area (Å²) in [7, 11) is -3.36. The van der Waals surface area contributed by atoms with Crippen molar-refractivity contribution in [3.8, 4) is 0 Å². The van der Waals surface area contributed by atoms with Crippen molar-refractivity contribution in [3.05, 3.63) is 29.8 Å². The second-order valence-corrected chi connectivity index (χ2v) is 6.54. The van der Waals surface area contributed by atoms with Crippen LogP contribution in [0.25, 0.3) is 0 Å². The van der Waals surface area contributed by atoms with Crippen LogP contribution in [-0.2, 0) is 14.6 Å². The fourth-order valence-corrected chi connectivity index (χ4v) is 2.75. The summed E-state index contributed by atoms with van der Waals surface area (Å²) in [5.74, 6) is 0.381. The van der Waals surface area contributed by atoms with Gasteiger partial charge in [-0.2, -0.15) is 0 Å². The van der Waals surface area contributed by atoms with E-state index >= 15 is 0 Å². The van der Waals surface area contributed by atoms with E-state index < -0.39 is 15.3 Å². The average Bonchev–Trinajstić information content (AvgIpc) is 2.26. The van der Waals surface area contributed by atoms with Crippen molar-refractivity contribution in [1.82, 2.24) is 0 Å². The first-order chi connectivity index (χ1) is 7.48. The maximum absolute atomic E-state index is 12.0. The zero-order valence-electron chi connectivity index (χ0n) is 9.64. The first-order valence-corrected chi connectivity index (χ1v) is 7.83. The number of benzene rings is 1. The molecule has 0 heterocycles. The molecule has 90 valence electrons. The highest BCUT2D eigenvalue weighted by atomic mass is 32.2. The zero-order valence-corrected chi connectivity index (χ0v) is 11.3. The molecule has 0 aliphatic rings. The van der Waals surface area contributed by atoms with Crippen molar-refractivity contribution >= 4 is 21.6 Å². The molecule has 0 radical (unpaired) electrons. The van der Waals surface area contributed by atoms with E-state index in [4.69, 9.17) is 4.74 Å². The SMILES string of the molecule is CSCOC(C)S(=O)(=O)c1ccc(C)cc1. The van der Waals surface area contributed by atoms with Gasteiger partial charge in [-0.15, -0.1) is 11.8 Å². The minimum absolute atomic E-state index is 0.312. The third kappa shape index (κ3) is 3.23. The minimum atomic E-state index is -3.36. The lowest BCUT2D eigenvalue weighted by atomic mass is 10.2. The molecule has 16 heavy (non-hydrogen) atoms. The molecule has 1 unspecified atom stereocenters. The maximum Gasteiger partial charge on any atom is 0.204 e. The summed E-state index contributed by atoms with van der Waals surface area (Å²) in [5, 5.41) is 0. The normalized spacial score (nSPS) is 13.7. The number of thioether (sulfide) groups is 1. The molecule has 0 N–H and O–H groups in total. The van der Waals surface area contributed by atoms with E-state index in [1.165, 1.54) is 11.8 Å². The summed E-state index contributed by atoms with van der Waals surface area (Å²) in [5.41, 5.74) is 0.235. The van der Waals surface area contributed by atoms with Crippen LogP contribution in [0.15, 0.2) is 29.2 Å². The van der Waals surface area contributed by atoms with Crippen molar-refractivity contribution in [1.29, 1.82) is 0 Å². The van der Waals surface area contributed by atoms with Gasteiger partial charge in [0.15, 0.2) is 5.44 Å². The average molecular weight is 260 g/mol. The van der Waals surface area contributed by atoms with Crippen LogP contribution in [-0.4, -0.2) is 26.0 Å². The summed E-state index contributed by atoms with van der Waals surface area (Å²) >= 11 is 1.46. The van der Waals surface area contributed by atoms with Crippen molar-refractivity contribution in [2.24, 2.45) is 0 Å². The Balaban J connectivity index is 2.89. The van der Waals surface area contributed by atoms with Crippen LogP contribution >= 0.6 is 11.8 Å². The second kappa shape index (κ2) is 5.70. The fraction of sp³-hybridized carbons (Fsp3) is 0.455.